The van der Waals surface area contributed by atoms with Crippen molar-refractivity contribution in [3.8, 4) is 0 Å². The number of anilines is 2. The van der Waals surface area contributed by atoms with Crippen LogP contribution in [-0.4, -0.2) is 25.9 Å². The van der Waals surface area contributed by atoms with Gasteiger partial charge in [0, 0.05) is 38.4 Å². The van der Waals surface area contributed by atoms with Crippen LogP contribution in [0.25, 0.3) is 0 Å². The van der Waals surface area contributed by atoms with Crippen LogP contribution in [0.3, 0.4) is 0 Å². The van der Waals surface area contributed by atoms with Crippen LogP contribution in [0, 0.1) is 5.92 Å². The Morgan fingerprint density at radius 2 is 1.73 bits per heavy atom. The van der Waals surface area contributed by atoms with Gasteiger partial charge in [0.2, 0.25) is 5.91 Å². The standard InChI is InChI=1S/C21H27N3O2/c1-15(2)12-20(25)23-17-10-11-19(24(3)4)18(13-17)21(26)22-14-16-8-6-5-7-9-16/h5-11,13,15H,12,14H2,1-4H3,(H,22,26)(H,23,25). The van der Waals surface area contributed by atoms with Gasteiger partial charge in [-0.05, 0) is 29.7 Å². The predicted molar refractivity (Wildman–Crippen MR) is 106 cm³/mol. The molecular weight excluding hydrogens is 326 g/mol. The van der Waals surface area contributed by atoms with Gasteiger partial charge in [-0.1, -0.05) is 44.2 Å². The molecule has 5 heteroatoms. The van der Waals surface area contributed by atoms with Gasteiger partial charge in [-0.2, -0.15) is 0 Å². The Labute approximate surface area is 155 Å². The Kier molecular flexibility index (Phi) is 6.78. The van der Waals surface area contributed by atoms with E-state index in [0.29, 0.717) is 24.2 Å². The van der Waals surface area contributed by atoms with Crippen molar-refractivity contribution in [2.45, 2.75) is 26.8 Å². The van der Waals surface area contributed by atoms with E-state index in [9.17, 15) is 9.59 Å². The van der Waals surface area contributed by atoms with E-state index in [1.54, 1.807) is 6.07 Å². The summed E-state index contributed by atoms with van der Waals surface area (Å²) in [6, 6.07) is 15.2. The van der Waals surface area contributed by atoms with Crippen LogP contribution in [0.1, 0.15) is 36.2 Å². The van der Waals surface area contributed by atoms with Gasteiger partial charge >= 0.3 is 0 Å². The Morgan fingerprint density at radius 3 is 2.35 bits per heavy atom. The average molecular weight is 353 g/mol. The lowest BCUT2D eigenvalue weighted by Crippen LogP contribution is -2.25. The van der Waals surface area contributed by atoms with E-state index < -0.39 is 0 Å². The van der Waals surface area contributed by atoms with E-state index in [-0.39, 0.29) is 17.7 Å². The normalized spacial score (nSPS) is 10.5. The van der Waals surface area contributed by atoms with Gasteiger partial charge in [-0.15, -0.1) is 0 Å². The first-order chi connectivity index (χ1) is 12.4. The molecule has 0 saturated heterocycles. The fourth-order valence-electron chi connectivity index (χ4n) is 2.64. The van der Waals surface area contributed by atoms with Crippen molar-refractivity contribution in [2.75, 3.05) is 24.3 Å². The third kappa shape index (κ3) is 5.62. The summed E-state index contributed by atoms with van der Waals surface area (Å²) in [5.41, 5.74) is 3.01. The molecule has 0 saturated carbocycles. The molecule has 0 spiro atoms. The summed E-state index contributed by atoms with van der Waals surface area (Å²) in [5.74, 6) is 0.0652. The second-order valence-electron chi connectivity index (χ2n) is 6.94. The Balaban J connectivity index is 2.16. The minimum atomic E-state index is -0.169. The number of carbonyl (C=O) groups is 2. The maximum Gasteiger partial charge on any atom is 0.253 e. The summed E-state index contributed by atoms with van der Waals surface area (Å²) < 4.78 is 0. The van der Waals surface area contributed by atoms with Crippen LogP contribution in [0.5, 0.6) is 0 Å². The highest BCUT2D eigenvalue weighted by atomic mass is 16.2. The van der Waals surface area contributed by atoms with Gasteiger partial charge in [0.25, 0.3) is 5.91 Å². The molecule has 2 N–H and O–H groups in total. The molecule has 2 aromatic carbocycles. The van der Waals surface area contributed by atoms with Crippen molar-refractivity contribution in [2.24, 2.45) is 5.92 Å². The summed E-state index contributed by atoms with van der Waals surface area (Å²) in [7, 11) is 3.78. The lowest BCUT2D eigenvalue weighted by molar-refractivity contribution is -0.116. The van der Waals surface area contributed by atoms with Crippen LogP contribution < -0.4 is 15.5 Å². The predicted octanol–water partition coefficient (Wildman–Crippen LogP) is 3.67. The number of rotatable bonds is 7. The molecule has 0 fully saturated rings. The highest BCUT2D eigenvalue weighted by molar-refractivity contribution is 6.02. The Hall–Kier alpha value is -2.82. The van der Waals surface area contributed by atoms with Crippen LogP contribution >= 0.6 is 0 Å². The second kappa shape index (κ2) is 9.04. The zero-order chi connectivity index (χ0) is 19.1. The molecule has 5 nitrogen and oxygen atoms in total. The largest absolute Gasteiger partial charge is 0.377 e. The molecule has 0 aromatic heterocycles. The lowest BCUT2D eigenvalue weighted by atomic mass is 10.1. The number of amides is 2. The third-order valence-corrected chi connectivity index (χ3v) is 3.90. The van der Waals surface area contributed by atoms with Gasteiger partial charge in [0.05, 0.1) is 5.56 Å². The van der Waals surface area contributed by atoms with Gasteiger partial charge < -0.3 is 15.5 Å². The van der Waals surface area contributed by atoms with Crippen LogP contribution in [0.2, 0.25) is 0 Å². The summed E-state index contributed by atoms with van der Waals surface area (Å²) in [4.78, 5) is 26.6. The quantitative estimate of drug-likeness (QED) is 0.798. The van der Waals surface area contributed by atoms with Crippen LogP contribution in [-0.2, 0) is 11.3 Å². The molecule has 0 atom stereocenters. The minimum Gasteiger partial charge on any atom is -0.377 e. The molecule has 0 bridgehead atoms. The number of benzene rings is 2. The fraction of sp³-hybridized carbons (Fsp3) is 0.333. The number of nitrogens with zero attached hydrogens (tertiary/aromatic N) is 1. The third-order valence-electron chi connectivity index (χ3n) is 3.90. The topological polar surface area (TPSA) is 61.4 Å². The smallest absolute Gasteiger partial charge is 0.253 e. The first kappa shape index (κ1) is 19.5. The lowest BCUT2D eigenvalue weighted by Gasteiger charge is -2.19. The van der Waals surface area contributed by atoms with Crippen molar-refractivity contribution >= 4 is 23.2 Å². The van der Waals surface area contributed by atoms with Crippen molar-refractivity contribution in [3.63, 3.8) is 0 Å². The van der Waals surface area contributed by atoms with Crippen molar-refractivity contribution in [1.29, 1.82) is 0 Å². The molecule has 26 heavy (non-hydrogen) atoms. The van der Waals surface area contributed by atoms with Crippen LogP contribution in [0.4, 0.5) is 11.4 Å². The molecule has 2 aromatic rings. The average Bonchev–Trinajstić information content (AvgIpc) is 2.59. The maximum absolute atomic E-state index is 12.7. The number of nitrogens with one attached hydrogen (secondary N) is 2. The Morgan fingerprint density at radius 1 is 1.04 bits per heavy atom. The minimum absolute atomic E-state index is 0.0479. The summed E-state index contributed by atoms with van der Waals surface area (Å²) in [5, 5.41) is 5.82. The highest BCUT2D eigenvalue weighted by Crippen LogP contribution is 2.23. The molecular formula is C21H27N3O2. The first-order valence-electron chi connectivity index (χ1n) is 8.80. The SMILES string of the molecule is CC(C)CC(=O)Nc1ccc(N(C)C)c(C(=O)NCc2ccccc2)c1. The second-order valence-corrected chi connectivity index (χ2v) is 6.94. The van der Waals surface area contributed by atoms with Gasteiger partial charge in [-0.25, -0.2) is 0 Å². The molecule has 0 radical (unpaired) electrons. The van der Waals surface area contributed by atoms with Crippen molar-refractivity contribution in [1.82, 2.24) is 5.32 Å². The summed E-state index contributed by atoms with van der Waals surface area (Å²) in [6.07, 6.45) is 0.449. The van der Waals surface area contributed by atoms with Crippen molar-refractivity contribution in [3.05, 3.63) is 59.7 Å². The molecule has 2 amide bonds. The monoisotopic (exact) mass is 353 g/mol. The van der Waals surface area contributed by atoms with Gasteiger partial charge in [-0.3, -0.25) is 9.59 Å². The van der Waals surface area contributed by atoms with E-state index >= 15 is 0 Å². The highest BCUT2D eigenvalue weighted by Gasteiger charge is 2.15. The molecule has 0 aliphatic carbocycles. The number of hydrogen-bond acceptors (Lipinski definition) is 3. The van der Waals surface area contributed by atoms with E-state index in [1.165, 1.54) is 0 Å². The molecule has 138 valence electrons. The molecule has 0 aliphatic rings. The fourth-order valence-corrected chi connectivity index (χ4v) is 2.64. The molecule has 0 heterocycles. The number of carbonyl (C=O) groups excluding carboxylic acids is 2. The molecule has 0 unspecified atom stereocenters. The zero-order valence-electron chi connectivity index (χ0n) is 15.9. The van der Waals surface area contributed by atoms with E-state index in [4.69, 9.17) is 0 Å². The van der Waals surface area contributed by atoms with Crippen molar-refractivity contribution < 1.29 is 9.59 Å². The summed E-state index contributed by atoms with van der Waals surface area (Å²) >= 11 is 0. The first-order valence-corrected chi connectivity index (χ1v) is 8.80. The van der Waals surface area contributed by atoms with E-state index in [2.05, 4.69) is 10.6 Å². The van der Waals surface area contributed by atoms with E-state index in [0.717, 1.165) is 11.3 Å². The van der Waals surface area contributed by atoms with Gasteiger partial charge in [0.1, 0.15) is 0 Å². The van der Waals surface area contributed by atoms with Gasteiger partial charge in [0.15, 0.2) is 0 Å². The molecule has 0 aliphatic heterocycles. The van der Waals surface area contributed by atoms with Crippen LogP contribution in [0.15, 0.2) is 48.5 Å². The summed E-state index contributed by atoms with van der Waals surface area (Å²) in [6.45, 7) is 4.45. The number of hydrogen-bond donors (Lipinski definition) is 2. The maximum atomic E-state index is 12.7. The van der Waals surface area contributed by atoms with E-state index in [1.807, 2.05) is 75.3 Å². The Bertz CT molecular complexity index is 755. The zero-order valence-corrected chi connectivity index (χ0v) is 15.9. The molecule has 2 rings (SSSR count).